The van der Waals surface area contributed by atoms with E-state index in [1.54, 1.807) is 30.3 Å². The molecule has 1 rings (SSSR count). The monoisotopic (exact) mass is 228 g/mol. The second kappa shape index (κ2) is 5.88. The van der Waals surface area contributed by atoms with Crippen molar-refractivity contribution >= 4 is 9.84 Å². The summed E-state index contributed by atoms with van der Waals surface area (Å²) in [5.41, 5.74) is 0. The van der Waals surface area contributed by atoms with Gasteiger partial charge in [0, 0.05) is 6.61 Å². The molecule has 0 heterocycles. The van der Waals surface area contributed by atoms with Gasteiger partial charge >= 0.3 is 0 Å². The van der Waals surface area contributed by atoms with Gasteiger partial charge in [0.15, 0.2) is 9.84 Å². The molecule has 0 aliphatic carbocycles. The van der Waals surface area contributed by atoms with Gasteiger partial charge < -0.3 is 5.11 Å². The molecule has 1 aromatic carbocycles. The molecular weight excluding hydrogens is 212 g/mol. The molecule has 0 atom stereocenters. The predicted octanol–water partition coefficient (Wildman–Crippen LogP) is 1.62. The van der Waals surface area contributed by atoms with Crippen molar-refractivity contribution in [3.63, 3.8) is 0 Å². The van der Waals surface area contributed by atoms with E-state index in [9.17, 15) is 8.42 Å². The molecule has 0 amide bonds. The van der Waals surface area contributed by atoms with Crippen LogP contribution in [0.15, 0.2) is 35.2 Å². The Kier molecular flexibility index (Phi) is 4.78. The van der Waals surface area contributed by atoms with Crippen molar-refractivity contribution in [3.05, 3.63) is 30.3 Å². The summed E-state index contributed by atoms with van der Waals surface area (Å²) in [6.45, 7) is 0.130. The molecule has 0 aromatic heterocycles. The number of unbranched alkanes of at least 4 members (excludes halogenated alkanes) is 2. The molecule has 0 spiro atoms. The van der Waals surface area contributed by atoms with E-state index in [1.807, 2.05) is 0 Å². The van der Waals surface area contributed by atoms with Gasteiger partial charge in [-0.3, -0.25) is 0 Å². The van der Waals surface area contributed by atoms with Gasteiger partial charge in [-0.05, 0) is 25.0 Å². The maximum Gasteiger partial charge on any atom is 0.178 e. The Balaban J connectivity index is 2.53. The van der Waals surface area contributed by atoms with E-state index in [1.165, 1.54) is 0 Å². The van der Waals surface area contributed by atoms with Crippen LogP contribution in [0.2, 0.25) is 0 Å². The zero-order valence-electron chi connectivity index (χ0n) is 8.59. The molecule has 3 nitrogen and oxygen atoms in total. The second-order valence-corrected chi connectivity index (χ2v) is 5.53. The Labute approximate surface area is 90.7 Å². The third-order valence-electron chi connectivity index (χ3n) is 2.17. The van der Waals surface area contributed by atoms with Crippen LogP contribution in [-0.2, 0) is 9.84 Å². The van der Waals surface area contributed by atoms with Crippen LogP contribution in [0.3, 0.4) is 0 Å². The van der Waals surface area contributed by atoms with E-state index < -0.39 is 9.84 Å². The summed E-state index contributed by atoms with van der Waals surface area (Å²) in [6, 6.07) is 8.47. The average molecular weight is 228 g/mol. The van der Waals surface area contributed by atoms with Crippen LogP contribution >= 0.6 is 0 Å². The van der Waals surface area contributed by atoms with E-state index in [2.05, 4.69) is 0 Å². The molecule has 0 saturated carbocycles. The summed E-state index contributed by atoms with van der Waals surface area (Å²) in [7, 11) is -3.12. The molecule has 0 fully saturated rings. The highest BCUT2D eigenvalue weighted by Gasteiger charge is 2.12. The molecule has 4 heteroatoms. The lowest BCUT2D eigenvalue weighted by atomic mass is 10.3. The average Bonchev–Trinajstić information content (AvgIpc) is 2.26. The molecule has 1 aromatic rings. The number of aliphatic hydroxyl groups is 1. The minimum atomic E-state index is -3.12. The van der Waals surface area contributed by atoms with Gasteiger partial charge in [-0.15, -0.1) is 0 Å². The summed E-state index contributed by atoms with van der Waals surface area (Å²) in [4.78, 5) is 0.383. The summed E-state index contributed by atoms with van der Waals surface area (Å²) < 4.78 is 23.5. The zero-order chi connectivity index (χ0) is 11.1. The summed E-state index contributed by atoms with van der Waals surface area (Å²) >= 11 is 0. The van der Waals surface area contributed by atoms with Crippen molar-refractivity contribution in [2.45, 2.75) is 24.2 Å². The van der Waals surface area contributed by atoms with Crippen molar-refractivity contribution in [2.75, 3.05) is 12.4 Å². The Morgan fingerprint density at radius 2 is 1.67 bits per heavy atom. The van der Waals surface area contributed by atoms with E-state index in [-0.39, 0.29) is 12.4 Å². The molecular formula is C11H16O3S. The maximum atomic E-state index is 11.7. The zero-order valence-corrected chi connectivity index (χ0v) is 9.41. The fraction of sp³-hybridized carbons (Fsp3) is 0.455. The van der Waals surface area contributed by atoms with E-state index >= 15 is 0 Å². The van der Waals surface area contributed by atoms with Gasteiger partial charge in [0.2, 0.25) is 0 Å². The molecule has 15 heavy (non-hydrogen) atoms. The van der Waals surface area contributed by atoms with Crippen LogP contribution in [0.5, 0.6) is 0 Å². The van der Waals surface area contributed by atoms with Crippen LogP contribution in [0.4, 0.5) is 0 Å². The highest BCUT2D eigenvalue weighted by Crippen LogP contribution is 2.12. The first-order valence-corrected chi connectivity index (χ1v) is 6.71. The topological polar surface area (TPSA) is 54.4 Å². The number of hydrogen-bond donors (Lipinski definition) is 1. The Morgan fingerprint density at radius 1 is 1.00 bits per heavy atom. The lowest BCUT2D eigenvalue weighted by molar-refractivity contribution is 0.284. The lowest BCUT2D eigenvalue weighted by Crippen LogP contribution is -2.06. The van der Waals surface area contributed by atoms with Gasteiger partial charge in [-0.2, -0.15) is 0 Å². The molecule has 1 N–H and O–H groups in total. The van der Waals surface area contributed by atoms with Crippen LogP contribution in [0.25, 0.3) is 0 Å². The standard InChI is InChI=1S/C11H16O3S/c12-9-5-2-6-10-15(13,14)11-7-3-1-4-8-11/h1,3-4,7-8,12H,2,5-6,9-10H2. The van der Waals surface area contributed by atoms with Gasteiger partial charge in [0.25, 0.3) is 0 Å². The largest absolute Gasteiger partial charge is 0.396 e. The summed E-state index contributed by atoms with van der Waals surface area (Å²) in [5, 5.41) is 8.56. The van der Waals surface area contributed by atoms with Crippen molar-refractivity contribution in [1.29, 1.82) is 0 Å². The van der Waals surface area contributed by atoms with Crippen LogP contribution < -0.4 is 0 Å². The normalized spacial score (nSPS) is 11.5. The van der Waals surface area contributed by atoms with E-state index in [4.69, 9.17) is 5.11 Å². The van der Waals surface area contributed by atoms with Gasteiger partial charge in [-0.1, -0.05) is 24.6 Å². The molecule has 0 aliphatic heterocycles. The minimum Gasteiger partial charge on any atom is -0.396 e. The number of sulfone groups is 1. The first-order chi connectivity index (χ1) is 7.17. The van der Waals surface area contributed by atoms with Crippen LogP contribution in [-0.4, -0.2) is 25.9 Å². The Morgan fingerprint density at radius 3 is 2.27 bits per heavy atom. The molecule has 84 valence electrons. The van der Waals surface area contributed by atoms with Gasteiger partial charge in [0.1, 0.15) is 0 Å². The fourth-order valence-corrected chi connectivity index (χ4v) is 2.72. The highest BCUT2D eigenvalue weighted by atomic mass is 32.2. The number of hydrogen-bond acceptors (Lipinski definition) is 3. The van der Waals surface area contributed by atoms with Gasteiger partial charge in [0.05, 0.1) is 10.6 Å². The van der Waals surface area contributed by atoms with Crippen molar-refractivity contribution in [1.82, 2.24) is 0 Å². The van der Waals surface area contributed by atoms with Crippen molar-refractivity contribution in [2.24, 2.45) is 0 Å². The first-order valence-electron chi connectivity index (χ1n) is 5.05. The lowest BCUT2D eigenvalue weighted by Gasteiger charge is -2.03. The van der Waals surface area contributed by atoms with Crippen LogP contribution in [0.1, 0.15) is 19.3 Å². The maximum absolute atomic E-state index is 11.7. The molecule has 0 saturated heterocycles. The van der Waals surface area contributed by atoms with Crippen molar-refractivity contribution in [3.8, 4) is 0 Å². The summed E-state index contributed by atoms with van der Waals surface area (Å²) in [6.07, 6.45) is 2.03. The Bertz CT molecular complexity index is 370. The van der Waals surface area contributed by atoms with E-state index in [0.717, 1.165) is 6.42 Å². The quantitative estimate of drug-likeness (QED) is 0.753. The molecule has 0 bridgehead atoms. The van der Waals surface area contributed by atoms with Crippen LogP contribution in [0, 0.1) is 0 Å². The first kappa shape index (κ1) is 12.2. The minimum absolute atomic E-state index is 0.130. The van der Waals surface area contributed by atoms with E-state index in [0.29, 0.717) is 17.7 Å². The third kappa shape index (κ3) is 4.01. The molecule has 0 unspecified atom stereocenters. The smallest absolute Gasteiger partial charge is 0.178 e. The summed E-state index contributed by atoms with van der Waals surface area (Å²) in [5.74, 6) is 0.164. The molecule has 0 aliphatic rings. The van der Waals surface area contributed by atoms with Crippen molar-refractivity contribution < 1.29 is 13.5 Å². The highest BCUT2D eigenvalue weighted by molar-refractivity contribution is 7.91. The molecule has 0 radical (unpaired) electrons. The second-order valence-electron chi connectivity index (χ2n) is 3.42. The third-order valence-corrected chi connectivity index (χ3v) is 3.99. The number of rotatable bonds is 6. The SMILES string of the molecule is O=S(=O)(CCCCCO)c1ccccc1. The fourth-order valence-electron chi connectivity index (χ4n) is 1.33. The van der Waals surface area contributed by atoms with Gasteiger partial charge in [-0.25, -0.2) is 8.42 Å². The predicted molar refractivity (Wildman–Crippen MR) is 59.4 cm³/mol. The number of benzene rings is 1. The number of aliphatic hydroxyl groups excluding tert-OH is 1. The Hall–Kier alpha value is -0.870.